The first-order valence-corrected chi connectivity index (χ1v) is 14.5. The van der Waals surface area contributed by atoms with Gasteiger partial charge in [0.25, 0.3) is 11.5 Å². The number of anilines is 3. The molecule has 6 heterocycles. The average Bonchev–Trinajstić information content (AvgIpc) is 3.57. The molecule has 4 aromatic rings. The third-order valence-corrected chi connectivity index (χ3v) is 9.27. The van der Waals surface area contributed by atoms with Gasteiger partial charge in [-0.2, -0.15) is 0 Å². The Bertz CT molecular complexity index is 1720. The molecule has 0 aromatic carbocycles. The maximum atomic E-state index is 13.7. The van der Waals surface area contributed by atoms with Gasteiger partial charge >= 0.3 is 0 Å². The highest BCUT2D eigenvalue weighted by Gasteiger charge is 2.37. The summed E-state index contributed by atoms with van der Waals surface area (Å²) in [5, 5.41) is 3.94. The molecule has 1 N–H and O–H groups in total. The lowest BCUT2D eigenvalue weighted by Gasteiger charge is -2.30. The molecule has 0 unspecified atom stereocenters. The molecule has 0 saturated carbocycles. The van der Waals surface area contributed by atoms with Crippen LogP contribution in [0.1, 0.15) is 51.7 Å². The number of amides is 1. The zero-order chi connectivity index (χ0) is 27.8. The molecule has 0 saturated heterocycles. The number of hydrogen-bond acceptors (Lipinski definition) is 7. The van der Waals surface area contributed by atoms with E-state index in [0.717, 1.165) is 58.8 Å². The average molecular weight is 557 g/mol. The van der Waals surface area contributed by atoms with Crippen molar-refractivity contribution in [2.45, 2.75) is 53.2 Å². The summed E-state index contributed by atoms with van der Waals surface area (Å²) in [6.07, 6.45) is 6.36. The number of carbonyl (C=O) groups excluding carboxylic acids is 1. The van der Waals surface area contributed by atoms with E-state index in [0.29, 0.717) is 36.4 Å². The summed E-state index contributed by atoms with van der Waals surface area (Å²) in [7, 11) is 1.75. The van der Waals surface area contributed by atoms with E-state index in [-0.39, 0.29) is 16.9 Å². The van der Waals surface area contributed by atoms with Gasteiger partial charge in [0.1, 0.15) is 17.2 Å². The summed E-state index contributed by atoms with van der Waals surface area (Å²) < 4.78 is 9.34. The summed E-state index contributed by atoms with van der Waals surface area (Å²) in [5.41, 5.74) is 7.65. The number of thiazole rings is 1. The van der Waals surface area contributed by atoms with Crippen LogP contribution in [-0.2, 0) is 44.2 Å². The molecule has 0 bridgehead atoms. The van der Waals surface area contributed by atoms with E-state index in [1.165, 1.54) is 22.6 Å². The van der Waals surface area contributed by atoms with Crippen LogP contribution in [0.15, 0.2) is 35.4 Å². The van der Waals surface area contributed by atoms with Crippen LogP contribution in [0, 0.1) is 12.3 Å². The number of nitrogens with zero attached hydrogens (tertiary/aromatic N) is 5. The van der Waals surface area contributed by atoms with E-state index in [1.54, 1.807) is 22.7 Å². The van der Waals surface area contributed by atoms with Gasteiger partial charge in [0, 0.05) is 50.2 Å². The lowest BCUT2D eigenvalue weighted by atomic mass is 9.90. The lowest BCUT2D eigenvalue weighted by Crippen LogP contribution is -2.41. The Morgan fingerprint density at radius 1 is 1.15 bits per heavy atom. The van der Waals surface area contributed by atoms with Crippen molar-refractivity contribution in [2.24, 2.45) is 12.5 Å². The van der Waals surface area contributed by atoms with Crippen LogP contribution < -0.4 is 15.8 Å². The Kier molecular flexibility index (Phi) is 5.76. The fraction of sp³-hybridized carbons (Fsp3) is 0.400. The summed E-state index contributed by atoms with van der Waals surface area (Å²) in [6.45, 7) is 9.13. The molecule has 7 rings (SSSR count). The molecule has 4 aromatic heterocycles. The van der Waals surface area contributed by atoms with Crippen LogP contribution in [-0.4, -0.2) is 38.2 Å². The summed E-state index contributed by atoms with van der Waals surface area (Å²) in [4.78, 5) is 39.0. The summed E-state index contributed by atoms with van der Waals surface area (Å²) in [5.74, 6) is 0.650. The number of fused-ring (bicyclic) bond motifs is 4. The highest BCUT2D eigenvalue weighted by Crippen LogP contribution is 2.40. The van der Waals surface area contributed by atoms with Gasteiger partial charge < -0.3 is 19.2 Å². The zero-order valence-corrected chi connectivity index (χ0v) is 24.0. The first kappa shape index (κ1) is 25.2. The van der Waals surface area contributed by atoms with Gasteiger partial charge in [-0.05, 0) is 60.1 Å². The number of carbonyl (C=O) groups is 1. The zero-order valence-electron chi connectivity index (χ0n) is 23.2. The van der Waals surface area contributed by atoms with Crippen molar-refractivity contribution >= 4 is 33.9 Å². The summed E-state index contributed by atoms with van der Waals surface area (Å²) in [6, 6.07) is 5.89. The van der Waals surface area contributed by atoms with Crippen molar-refractivity contribution in [2.75, 3.05) is 23.4 Å². The lowest BCUT2D eigenvalue weighted by molar-refractivity contribution is 0.0963. The number of pyridine rings is 2. The molecule has 206 valence electrons. The van der Waals surface area contributed by atoms with Crippen LogP contribution in [0.2, 0.25) is 0 Å². The first-order chi connectivity index (χ1) is 19.2. The van der Waals surface area contributed by atoms with Crippen molar-refractivity contribution in [1.29, 1.82) is 0 Å². The third kappa shape index (κ3) is 4.08. The minimum Gasteiger partial charge on any atom is -0.375 e. The molecule has 10 heteroatoms. The van der Waals surface area contributed by atoms with Crippen molar-refractivity contribution in [1.82, 2.24) is 19.1 Å². The normalized spacial score (nSPS) is 17.5. The second-order valence-corrected chi connectivity index (χ2v) is 12.9. The van der Waals surface area contributed by atoms with Gasteiger partial charge in [-0.25, -0.2) is 9.97 Å². The molecule has 0 atom stereocenters. The third-order valence-electron chi connectivity index (χ3n) is 8.29. The molecule has 9 nitrogen and oxygen atoms in total. The Hall–Kier alpha value is -3.76. The van der Waals surface area contributed by atoms with E-state index in [1.807, 2.05) is 25.3 Å². The first-order valence-electron chi connectivity index (χ1n) is 13.7. The maximum absolute atomic E-state index is 13.7. The summed E-state index contributed by atoms with van der Waals surface area (Å²) >= 11 is 1.52. The van der Waals surface area contributed by atoms with Gasteiger partial charge in [0.2, 0.25) is 0 Å². The Morgan fingerprint density at radius 3 is 2.83 bits per heavy atom. The fourth-order valence-corrected chi connectivity index (χ4v) is 7.32. The highest BCUT2D eigenvalue weighted by molar-refractivity contribution is 7.15. The van der Waals surface area contributed by atoms with Gasteiger partial charge in [0.15, 0.2) is 5.13 Å². The minimum absolute atomic E-state index is 0.00857. The molecule has 3 aliphatic rings. The van der Waals surface area contributed by atoms with E-state index in [2.05, 4.69) is 39.8 Å². The highest BCUT2D eigenvalue weighted by atomic mass is 32.1. The van der Waals surface area contributed by atoms with Gasteiger partial charge in [-0.15, -0.1) is 0 Å². The van der Waals surface area contributed by atoms with Crippen molar-refractivity contribution in [3.8, 4) is 11.1 Å². The maximum Gasteiger partial charge on any atom is 0.276 e. The topological polar surface area (TPSA) is 94.3 Å². The molecule has 2 aliphatic heterocycles. The van der Waals surface area contributed by atoms with Crippen LogP contribution in [0.5, 0.6) is 0 Å². The second kappa shape index (κ2) is 9.14. The van der Waals surface area contributed by atoms with E-state index < -0.39 is 0 Å². The fourth-order valence-electron chi connectivity index (χ4n) is 6.36. The molecule has 0 fully saturated rings. The van der Waals surface area contributed by atoms with Crippen LogP contribution in [0.4, 0.5) is 16.6 Å². The SMILES string of the molecule is Cc1c(-c2cc(Nc3nc4c(s3)COCC4)c(=O)n(C)c2)ccnc1N1CCn2c(cc3c2CC(C)(C)C3)C1=O. The molecule has 1 amide bonds. The standard InChI is InChI=1S/C30H32N6O3S/c1-17-20(19-11-22(27(37)34(4)15-19)33-29-32-21-6-10-39-16-25(21)40-29)5-7-31-26(17)36-9-8-35-23(28(36)38)12-18-13-30(2,3)14-24(18)35/h5,7,11-12,15H,6,8-10,13-14,16H2,1-4H3,(H,32,33). The van der Waals surface area contributed by atoms with Gasteiger partial charge in [0.05, 0.1) is 23.8 Å². The second-order valence-electron chi connectivity index (χ2n) is 11.8. The Balaban J connectivity index is 1.21. The van der Waals surface area contributed by atoms with Crippen molar-refractivity contribution < 1.29 is 9.53 Å². The molecular weight excluding hydrogens is 524 g/mol. The number of hydrogen-bond donors (Lipinski definition) is 1. The number of aryl methyl sites for hydroxylation is 1. The molecular formula is C30H32N6O3S. The minimum atomic E-state index is -0.136. The van der Waals surface area contributed by atoms with Crippen molar-refractivity contribution in [3.63, 3.8) is 0 Å². The Labute approximate surface area is 236 Å². The predicted molar refractivity (Wildman–Crippen MR) is 156 cm³/mol. The van der Waals surface area contributed by atoms with E-state index in [9.17, 15) is 9.59 Å². The number of ether oxygens (including phenoxy) is 1. The number of nitrogens with one attached hydrogen (secondary N) is 1. The van der Waals surface area contributed by atoms with Crippen LogP contribution in [0.3, 0.4) is 0 Å². The number of aromatic nitrogens is 4. The number of rotatable bonds is 4. The van der Waals surface area contributed by atoms with E-state index >= 15 is 0 Å². The van der Waals surface area contributed by atoms with E-state index in [4.69, 9.17) is 4.74 Å². The smallest absolute Gasteiger partial charge is 0.276 e. The van der Waals surface area contributed by atoms with Crippen LogP contribution >= 0.6 is 11.3 Å². The molecule has 0 spiro atoms. The largest absolute Gasteiger partial charge is 0.375 e. The van der Waals surface area contributed by atoms with Gasteiger partial charge in [-0.3, -0.25) is 14.5 Å². The van der Waals surface area contributed by atoms with Gasteiger partial charge in [-0.1, -0.05) is 25.2 Å². The molecule has 0 radical (unpaired) electrons. The van der Waals surface area contributed by atoms with Crippen molar-refractivity contribution in [3.05, 3.63) is 74.0 Å². The molecule has 1 aliphatic carbocycles. The predicted octanol–water partition coefficient (Wildman–Crippen LogP) is 4.62. The monoisotopic (exact) mass is 556 g/mol. The van der Waals surface area contributed by atoms with Crippen LogP contribution in [0.25, 0.3) is 11.1 Å². The quantitative estimate of drug-likeness (QED) is 0.394. The molecule has 40 heavy (non-hydrogen) atoms. The Morgan fingerprint density at radius 2 is 2.00 bits per heavy atom.